The molecule has 3 N–H and O–H groups in total. The number of benzene rings is 2. The summed E-state index contributed by atoms with van der Waals surface area (Å²) in [6.07, 6.45) is 0.106. The van der Waals surface area contributed by atoms with Crippen LogP contribution in [-0.2, 0) is 17.8 Å². The first kappa shape index (κ1) is 14.1. The van der Waals surface area contributed by atoms with E-state index in [2.05, 4.69) is 5.32 Å². The standard InChI is InChI=1S/C16H14FN3O2/c17-12-4-5-14-11(8-12)9-20(16(22)19-14)13-3-1-2-10(6-13)7-15(18)21/h1-6,8H,7,9H2,(H2,18,21)(H,19,22). The number of halogens is 1. The molecule has 0 aliphatic carbocycles. The van der Waals surface area contributed by atoms with Crippen LogP contribution in [0.3, 0.4) is 0 Å². The van der Waals surface area contributed by atoms with Crippen LogP contribution in [0.4, 0.5) is 20.6 Å². The number of nitrogens with two attached hydrogens (primary N) is 1. The first-order chi connectivity index (χ1) is 10.5. The summed E-state index contributed by atoms with van der Waals surface area (Å²) in [7, 11) is 0. The fourth-order valence-electron chi connectivity index (χ4n) is 2.48. The Bertz CT molecular complexity index is 761. The van der Waals surface area contributed by atoms with Gasteiger partial charge in [0.15, 0.2) is 0 Å². The van der Waals surface area contributed by atoms with Gasteiger partial charge in [-0.1, -0.05) is 12.1 Å². The van der Waals surface area contributed by atoms with Crippen LogP contribution in [0.15, 0.2) is 42.5 Å². The van der Waals surface area contributed by atoms with Gasteiger partial charge in [-0.15, -0.1) is 0 Å². The lowest BCUT2D eigenvalue weighted by Crippen LogP contribution is -2.38. The van der Waals surface area contributed by atoms with Crippen LogP contribution in [0.1, 0.15) is 11.1 Å². The molecule has 6 heteroatoms. The van der Waals surface area contributed by atoms with E-state index < -0.39 is 5.91 Å². The smallest absolute Gasteiger partial charge is 0.326 e. The molecule has 0 saturated heterocycles. The predicted octanol–water partition coefficient (Wildman–Crippen LogP) is 2.41. The van der Waals surface area contributed by atoms with Gasteiger partial charge in [0.1, 0.15) is 5.82 Å². The van der Waals surface area contributed by atoms with Gasteiger partial charge in [0.2, 0.25) is 5.91 Å². The summed E-state index contributed by atoms with van der Waals surface area (Å²) in [5.41, 5.74) is 7.84. The molecule has 22 heavy (non-hydrogen) atoms. The first-order valence-corrected chi connectivity index (χ1v) is 6.77. The summed E-state index contributed by atoms with van der Waals surface area (Å²) < 4.78 is 13.3. The quantitative estimate of drug-likeness (QED) is 0.913. The highest BCUT2D eigenvalue weighted by molar-refractivity contribution is 6.04. The maximum atomic E-state index is 13.3. The molecule has 5 nitrogen and oxygen atoms in total. The lowest BCUT2D eigenvalue weighted by molar-refractivity contribution is -0.117. The molecular formula is C16H14FN3O2. The van der Waals surface area contributed by atoms with Crippen molar-refractivity contribution in [2.75, 3.05) is 10.2 Å². The van der Waals surface area contributed by atoms with Crippen molar-refractivity contribution in [1.82, 2.24) is 0 Å². The predicted molar refractivity (Wildman–Crippen MR) is 80.9 cm³/mol. The Hall–Kier alpha value is -2.89. The van der Waals surface area contributed by atoms with E-state index in [0.29, 0.717) is 16.9 Å². The molecule has 3 rings (SSSR count). The second-order valence-electron chi connectivity index (χ2n) is 5.13. The van der Waals surface area contributed by atoms with Gasteiger partial charge in [-0.25, -0.2) is 9.18 Å². The summed E-state index contributed by atoms with van der Waals surface area (Å²) in [5, 5.41) is 2.72. The molecule has 0 saturated carbocycles. The van der Waals surface area contributed by atoms with Gasteiger partial charge in [0.05, 0.1) is 13.0 Å². The van der Waals surface area contributed by atoms with Crippen molar-refractivity contribution >= 4 is 23.3 Å². The summed E-state index contributed by atoms with van der Waals surface area (Å²) >= 11 is 0. The highest BCUT2D eigenvalue weighted by Crippen LogP contribution is 2.28. The van der Waals surface area contributed by atoms with Crippen molar-refractivity contribution in [2.45, 2.75) is 13.0 Å². The molecule has 3 amide bonds. The van der Waals surface area contributed by atoms with Crippen molar-refractivity contribution in [3.63, 3.8) is 0 Å². The molecule has 1 heterocycles. The van der Waals surface area contributed by atoms with E-state index in [9.17, 15) is 14.0 Å². The van der Waals surface area contributed by atoms with Crippen LogP contribution < -0.4 is 16.0 Å². The van der Waals surface area contributed by atoms with Crippen LogP contribution in [0.5, 0.6) is 0 Å². The molecule has 0 bridgehead atoms. The second kappa shape index (κ2) is 5.48. The van der Waals surface area contributed by atoms with Crippen LogP contribution in [0.25, 0.3) is 0 Å². The Morgan fingerprint density at radius 1 is 1.27 bits per heavy atom. The minimum atomic E-state index is -0.437. The van der Waals surface area contributed by atoms with E-state index >= 15 is 0 Å². The van der Waals surface area contributed by atoms with Crippen molar-refractivity contribution < 1.29 is 14.0 Å². The molecule has 2 aromatic rings. The van der Waals surface area contributed by atoms with Gasteiger partial charge in [0, 0.05) is 11.4 Å². The summed E-state index contributed by atoms with van der Waals surface area (Å²) in [6, 6.07) is 11.0. The number of rotatable bonds is 3. The monoisotopic (exact) mass is 299 g/mol. The van der Waals surface area contributed by atoms with Crippen molar-refractivity contribution in [1.29, 1.82) is 0 Å². The lowest BCUT2D eigenvalue weighted by atomic mass is 10.1. The Balaban J connectivity index is 1.92. The summed E-state index contributed by atoms with van der Waals surface area (Å²) in [6.45, 7) is 0.263. The molecule has 1 aliphatic heterocycles. The van der Waals surface area contributed by atoms with Crippen molar-refractivity contribution in [3.05, 3.63) is 59.4 Å². The Labute approximate surface area is 126 Å². The van der Waals surface area contributed by atoms with Gasteiger partial charge in [-0.05, 0) is 41.5 Å². The zero-order valence-electron chi connectivity index (χ0n) is 11.7. The molecule has 0 radical (unpaired) electrons. The average Bonchev–Trinajstić information content (AvgIpc) is 2.46. The number of fused-ring (bicyclic) bond motifs is 1. The Morgan fingerprint density at radius 2 is 2.09 bits per heavy atom. The second-order valence-corrected chi connectivity index (χ2v) is 5.13. The normalized spacial score (nSPS) is 13.5. The van der Waals surface area contributed by atoms with Gasteiger partial charge in [-0.3, -0.25) is 9.69 Å². The molecule has 1 aliphatic rings. The SMILES string of the molecule is NC(=O)Cc1cccc(N2Cc3cc(F)ccc3NC2=O)c1. The van der Waals surface area contributed by atoms with Crippen molar-refractivity contribution in [3.8, 4) is 0 Å². The van der Waals surface area contributed by atoms with Crippen LogP contribution in [0.2, 0.25) is 0 Å². The van der Waals surface area contributed by atoms with E-state index in [1.165, 1.54) is 17.0 Å². The number of carbonyl (C=O) groups is 2. The molecule has 0 spiro atoms. The zero-order chi connectivity index (χ0) is 15.7. The molecule has 2 aromatic carbocycles. The van der Waals surface area contributed by atoms with E-state index in [0.717, 1.165) is 5.56 Å². The lowest BCUT2D eigenvalue weighted by Gasteiger charge is -2.29. The number of hydrogen-bond acceptors (Lipinski definition) is 2. The largest absolute Gasteiger partial charge is 0.369 e. The van der Waals surface area contributed by atoms with Gasteiger partial charge < -0.3 is 11.1 Å². The molecule has 0 unspecified atom stereocenters. The number of carbonyl (C=O) groups excluding carboxylic acids is 2. The fourth-order valence-corrected chi connectivity index (χ4v) is 2.48. The van der Waals surface area contributed by atoms with Gasteiger partial charge in [-0.2, -0.15) is 0 Å². The van der Waals surface area contributed by atoms with E-state index in [1.54, 1.807) is 30.3 Å². The van der Waals surface area contributed by atoms with E-state index in [4.69, 9.17) is 5.73 Å². The molecule has 0 fully saturated rings. The summed E-state index contributed by atoms with van der Waals surface area (Å²) in [4.78, 5) is 24.7. The topological polar surface area (TPSA) is 75.4 Å². The number of primary amides is 1. The van der Waals surface area contributed by atoms with Gasteiger partial charge in [0.25, 0.3) is 0 Å². The fraction of sp³-hybridized carbons (Fsp3) is 0.125. The third-order valence-electron chi connectivity index (χ3n) is 3.48. The highest BCUT2D eigenvalue weighted by atomic mass is 19.1. The number of hydrogen-bond donors (Lipinski definition) is 2. The molecule has 112 valence electrons. The third-order valence-corrected chi connectivity index (χ3v) is 3.48. The van der Waals surface area contributed by atoms with Crippen LogP contribution in [-0.4, -0.2) is 11.9 Å². The molecule has 0 atom stereocenters. The average molecular weight is 299 g/mol. The third kappa shape index (κ3) is 2.76. The Morgan fingerprint density at radius 3 is 2.86 bits per heavy atom. The molecular weight excluding hydrogens is 285 g/mol. The van der Waals surface area contributed by atoms with E-state index in [1.807, 2.05) is 0 Å². The van der Waals surface area contributed by atoms with Crippen molar-refractivity contribution in [2.24, 2.45) is 5.73 Å². The van der Waals surface area contributed by atoms with Crippen LogP contribution in [0, 0.1) is 5.82 Å². The van der Waals surface area contributed by atoms with Gasteiger partial charge >= 0.3 is 6.03 Å². The summed E-state index contributed by atoms with van der Waals surface area (Å²) in [5.74, 6) is -0.787. The zero-order valence-corrected chi connectivity index (χ0v) is 11.7. The number of amides is 3. The number of urea groups is 1. The van der Waals surface area contributed by atoms with Crippen LogP contribution >= 0.6 is 0 Å². The number of anilines is 2. The number of nitrogens with one attached hydrogen (secondary N) is 1. The highest BCUT2D eigenvalue weighted by Gasteiger charge is 2.24. The number of nitrogens with zero attached hydrogens (tertiary/aromatic N) is 1. The van der Waals surface area contributed by atoms with E-state index in [-0.39, 0.29) is 24.8 Å². The maximum Gasteiger partial charge on any atom is 0.326 e. The minimum Gasteiger partial charge on any atom is -0.369 e. The first-order valence-electron chi connectivity index (χ1n) is 6.77. The molecule has 0 aromatic heterocycles. The maximum absolute atomic E-state index is 13.3. The Kier molecular flexibility index (Phi) is 3.50. The minimum absolute atomic E-state index is 0.106.